The molecule has 0 bridgehead atoms. The van der Waals surface area contributed by atoms with E-state index in [4.69, 9.17) is 21.1 Å². The number of halogens is 3. The zero-order chi connectivity index (χ0) is 14.8. The maximum absolute atomic E-state index is 13.0. The minimum absolute atomic E-state index is 0.141. The fraction of sp³-hybridized carbons (Fsp3) is 0.571. The highest BCUT2D eigenvalue weighted by molar-refractivity contribution is 6.31. The van der Waals surface area contributed by atoms with Crippen LogP contribution in [0, 0.1) is 0 Å². The molecule has 1 aromatic rings. The minimum Gasteiger partial charge on any atom is -0.454 e. The van der Waals surface area contributed by atoms with Gasteiger partial charge in [0.15, 0.2) is 11.5 Å². The normalized spacial score (nSPS) is 20.0. The number of alkyl halides is 2. The smallest absolute Gasteiger partial charge is 0.240 e. The molecule has 0 unspecified atom stereocenters. The Bertz CT molecular complexity index is 510. The van der Waals surface area contributed by atoms with Crippen molar-refractivity contribution in [2.24, 2.45) is 0 Å². The Kier molecular flexibility index (Phi) is 4.47. The molecule has 1 fully saturated rings. The molecule has 2 heterocycles. The first-order valence-electron chi connectivity index (χ1n) is 6.97. The fourth-order valence-corrected chi connectivity index (χ4v) is 3.10. The Labute approximate surface area is 127 Å². The van der Waals surface area contributed by atoms with E-state index in [0.29, 0.717) is 22.1 Å². The van der Waals surface area contributed by atoms with Crippen molar-refractivity contribution in [3.63, 3.8) is 0 Å². The van der Waals surface area contributed by atoms with Crippen LogP contribution < -0.4 is 14.8 Å². The molecular weight excluding hydrogens is 302 g/mol. The molecule has 1 N–H and O–H groups in total. The van der Waals surface area contributed by atoms with Crippen LogP contribution in [0.25, 0.3) is 0 Å². The van der Waals surface area contributed by atoms with Gasteiger partial charge < -0.3 is 14.8 Å². The van der Waals surface area contributed by atoms with Crippen LogP contribution in [0.4, 0.5) is 8.78 Å². The van der Waals surface area contributed by atoms with Gasteiger partial charge in [-0.2, -0.15) is 0 Å². The van der Waals surface area contributed by atoms with E-state index in [-0.39, 0.29) is 13.2 Å². The highest BCUT2D eigenvalue weighted by Gasteiger charge is 2.29. The van der Waals surface area contributed by atoms with Crippen LogP contribution in [0.15, 0.2) is 12.1 Å². The van der Waals surface area contributed by atoms with Gasteiger partial charge in [0.25, 0.3) is 0 Å². The summed E-state index contributed by atoms with van der Waals surface area (Å²) in [5.41, 5.74) is 0.683. The average molecular weight is 319 g/mol. The summed E-state index contributed by atoms with van der Waals surface area (Å²) in [6.45, 7) is 3.18. The first-order chi connectivity index (χ1) is 10.1. The van der Waals surface area contributed by atoms with Crippen LogP contribution in [-0.2, 0) is 0 Å². The standard InChI is InChI=1S/C14H17ClF2N2O2/c15-10-6-13-12(20-8-21-13)5-9(10)11(7-14(16)17)19-3-1-18-2-4-19/h5-6,11,14,18H,1-4,7-8H2/t11-/m1/s1. The molecular formula is C14H17ClF2N2O2. The van der Waals surface area contributed by atoms with Crippen molar-refractivity contribution in [1.29, 1.82) is 0 Å². The van der Waals surface area contributed by atoms with Gasteiger partial charge in [0.1, 0.15) is 0 Å². The van der Waals surface area contributed by atoms with E-state index < -0.39 is 12.5 Å². The summed E-state index contributed by atoms with van der Waals surface area (Å²) in [5.74, 6) is 1.14. The Hall–Kier alpha value is -1.11. The number of fused-ring (bicyclic) bond motifs is 1. The van der Waals surface area contributed by atoms with Crippen molar-refractivity contribution < 1.29 is 18.3 Å². The molecule has 21 heavy (non-hydrogen) atoms. The topological polar surface area (TPSA) is 33.7 Å². The molecule has 0 amide bonds. The van der Waals surface area contributed by atoms with Gasteiger partial charge in [-0.25, -0.2) is 8.78 Å². The molecule has 1 atom stereocenters. The lowest BCUT2D eigenvalue weighted by atomic mass is 10.0. The number of hydrogen-bond donors (Lipinski definition) is 1. The number of benzene rings is 1. The van der Waals surface area contributed by atoms with E-state index in [1.165, 1.54) is 0 Å². The van der Waals surface area contributed by atoms with Gasteiger partial charge in [-0.3, -0.25) is 4.90 Å². The number of piperazine rings is 1. The zero-order valence-electron chi connectivity index (χ0n) is 11.4. The molecule has 0 radical (unpaired) electrons. The first kappa shape index (κ1) is 14.8. The summed E-state index contributed by atoms with van der Waals surface area (Å²) >= 11 is 6.28. The van der Waals surface area contributed by atoms with Crippen molar-refractivity contribution in [2.45, 2.75) is 18.9 Å². The number of hydrogen-bond acceptors (Lipinski definition) is 4. The Balaban J connectivity index is 1.91. The van der Waals surface area contributed by atoms with Crippen LogP contribution in [-0.4, -0.2) is 44.3 Å². The maximum atomic E-state index is 13.0. The van der Waals surface area contributed by atoms with Gasteiger partial charge in [-0.05, 0) is 11.6 Å². The average Bonchev–Trinajstić information content (AvgIpc) is 2.92. The largest absolute Gasteiger partial charge is 0.454 e. The van der Waals surface area contributed by atoms with Crippen molar-refractivity contribution in [2.75, 3.05) is 33.0 Å². The van der Waals surface area contributed by atoms with Gasteiger partial charge in [0.2, 0.25) is 13.2 Å². The predicted octanol–water partition coefficient (Wildman–Crippen LogP) is 2.67. The zero-order valence-corrected chi connectivity index (χ0v) is 12.2. The van der Waals surface area contributed by atoms with E-state index in [1.54, 1.807) is 12.1 Å². The molecule has 0 aromatic heterocycles. The molecule has 2 aliphatic rings. The SMILES string of the molecule is FC(F)C[C@H](c1cc2c(cc1Cl)OCO2)N1CCNCC1. The lowest BCUT2D eigenvalue weighted by Gasteiger charge is -2.35. The van der Waals surface area contributed by atoms with E-state index in [2.05, 4.69) is 5.32 Å². The van der Waals surface area contributed by atoms with Gasteiger partial charge in [-0.15, -0.1) is 0 Å². The molecule has 4 nitrogen and oxygen atoms in total. The highest BCUT2D eigenvalue weighted by Crippen LogP contribution is 2.41. The molecule has 1 saturated heterocycles. The highest BCUT2D eigenvalue weighted by atomic mass is 35.5. The quantitative estimate of drug-likeness (QED) is 0.925. The first-order valence-corrected chi connectivity index (χ1v) is 7.35. The third-order valence-corrected chi connectivity index (χ3v) is 4.17. The van der Waals surface area contributed by atoms with Crippen molar-refractivity contribution >= 4 is 11.6 Å². The fourth-order valence-electron chi connectivity index (χ4n) is 2.82. The summed E-state index contributed by atoms with van der Waals surface area (Å²) < 4.78 is 36.6. The summed E-state index contributed by atoms with van der Waals surface area (Å²) in [5, 5.41) is 3.67. The van der Waals surface area contributed by atoms with Gasteiger partial charge >= 0.3 is 0 Å². The molecule has 0 spiro atoms. The summed E-state index contributed by atoms with van der Waals surface area (Å²) in [4.78, 5) is 2.05. The van der Waals surface area contributed by atoms with Gasteiger partial charge in [0.05, 0.1) is 0 Å². The van der Waals surface area contributed by atoms with E-state index in [9.17, 15) is 8.78 Å². The number of ether oxygens (including phenoxy) is 2. The number of nitrogens with zero attached hydrogens (tertiary/aromatic N) is 1. The second kappa shape index (κ2) is 6.34. The molecule has 0 saturated carbocycles. The van der Waals surface area contributed by atoms with Gasteiger partial charge in [0, 0.05) is 49.7 Å². The number of rotatable bonds is 4. The molecule has 116 valence electrons. The Morgan fingerprint density at radius 2 is 1.86 bits per heavy atom. The van der Waals surface area contributed by atoms with Crippen LogP contribution in [0.3, 0.4) is 0 Å². The van der Waals surface area contributed by atoms with Crippen LogP contribution in [0.2, 0.25) is 5.02 Å². The maximum Gasteiger partial charge on any atom is 0.240 e. The van der Waals surface area contributed by atoms with Crippen LogP contribution in [0.5, 0.6) is 11.5 Å². The Morgan fingerprint density at radius 1 is 1.19 bits per heavy atom. The lowest BCUT2D eigenvalue weighted by molar-refractivity contribution is 0.0738. The van der Waals surface area contributed by atoms with E-state index in [0.717, 1.165) is 26.2 Å². The molecule has 7 heteroatoms. The summed E-state index contributed by atoms with van der Waals surface area (Å²) in [7, 11) is 0. The monoisotopic (exact) mass is 318 g/mol. The summed E-state index contributed by atoms with van der Waals surface area (Å²) in [6.07, 6.45) is -2.62. The molecule has 3 rings (SSSR count). The predicted molar refractivity (Wildman–Crippen MR) is 75.4 cm³/mol. The Morgan fingerprint density at radius 3 is 2.52 bits per heavy atom. The second-order valence-corrected chi connectivity index (χ2v) is 5.56. The van der Waals surface area contributed by atoms with Crippen molar-refractivity contribution in [1.82, 2.24) is 10.2 Å². The van der Waals surface area contributed by atoms with E-state index in [1.807, 2.05) is 4.90 Å². The molecule has 0 aliphatic carbocycles. The van der Waals surface area contributed by atoms with Gasteiger partial charge in [-0.1, -0.05) is 11.6 Å². The van der Waals surface area contributed by atoms with Crippen LogP contribution in [0.1, 0.15) is 18.0 Å². The second-order valence-electron chi connectivity index (χ2n) is 5.16. The van der Waals surface area contributed by atoms with Crippen molar-refractivity contribution in [3.05, 3.63) is 22.7 Å². The third kappa shape index (κ3) is 3.22. The number of nitrogens with one attached hydrogen (secondary N) is 1. The molecule has 2 aliphatic heterocycles. The molecule has 1 aromatic carbocycles. The van der Waals surface area contributed by atoms with Crippen molar-refractivity contribution in [3.8, 4) is 11.5 Å². The third-order valence-electron chi connectivity index (χ3n) is 3.84. The van der Waals surface area contributed by atoms with E-state index >= 15 is 0 Å². The van der Waals surface area contributed by atoms with Crippen LogP contribution >= 0.6 is 11.6 Å². The summed E-state index contributed by atoms with van der Waals surface area (Å²) in [6, 6.07) is 2.98. The lowest BCUT2D eigenvalue weighted by Crippen LogP contribution is -2.45. The minimum atomic E-state index is -2.38.